The largest absolute Gasteiger partial charge is 0.0622 e. The quantitative estimate of drug-likeness (QED) is 0.503. The normalized spacial score (nSPS) is 17.9. The van der Waals surface area contributed by atoms with Gasteiger partial charge in [0.1, 0.15) is 0 Å². The number of benzene rings is 2. The molecule has 0 radical (unpaired) electrons. The molecule has 2 aromatic carbocycles. The van der Waals surface area contributed by atoms with Crippen LogP contribution in [0.1, 0.15) is 94.6 Å². The molecule has 3 rings (SSSR count). The van der Waals surface area contributed by atoms with E-state index < -0.39 is 0 Å². The monoisotopic (exact) mass is 360 g/mol. The fraction of sp³-hybridized carbons (Fsp3) is 0.481. The second kappa shape index (κ2) is 11.8. The fourth-order valence-electron chi connectivity index (χ4n) is 4.43. The molecule has 1 aliphatic rings. The smallest absolute Gasteiger partial charge is 0.0119 e. The van der Waals surface area contributed by atoms with Crippen molar-refractivity contribution in [2.45, 2.75) is 83.5 Å². The van der Waals surface area contributed by atoms with Crippen LogP contribution in [-0.2, 0) is 0 Å². The Morgan fingerprint density at radius 2 is 0.741 bits per heavy atom. The summed E-state index contributed by atoms with van der Waals surface area (Å²) < 4.78 is 0. The molecular formula is C27H36. The average molecular weight is 361 g/mol. The van der Waals surface area contributed by atoms with Crippen molar-refractivity contribution in [1.29, 1.82) is 0 Å². The van der Waals surface area contributed by atoms with Crippen LogP contribution in [0.15, 0.2) is 66.2 Å². The lowest BCUT2D eigenvalue weighted by molar-refractivity contribution is 0.533. The molecule has 0 spiro atoms. The first-order chi connectivity index (χ1) is 13.4. The van der Waals surface area contributed by atoms with Gasteiger partial charge in [-0.1, -0.05) is 124 Å². The molecule has 0 amide bonds. The Morgan fingerprint density at radius 1 is 0.407 bits per heavy atom. The third kappa shape index (κ3) is 6.69. The van der Waals surface area contributed by atoms with Crippen molar-refractivity contribution in [3.8, 4) is 0 Å². The van der Waals surface area contributed by atoms with Crippen molar-refractivity contribution in [2.24, 2.45) is 0 Å². The summed E-state index contributed by atoms with van der Waals surface area (Å²) in [5, 5.41) is 0. The zero-order valence-electron chi connectivity index (χ0n) is 17.0. The van der Waals surface area contributed by atoms with Gasteiger partial charge in [-0.05, 0) is 42.4 Å². The Morgan fingerprint density at radius 3 is 1.11 bits per heavy atom. The van der Waals surface area contributed by atoms with Crippen molar-refractivity contribution in [3.05, 3.63) is 77.4 Å². The van der Waals surface area contributed by atoms with E-state index in [9.17, 15) is 0 Å². The summed E-state index contributed by atoms with van der Waals surface area (Å²) in [4.78, 5) is 0. The van der Waals surface area contributed by atoms with Gasteiger partial charge in [0.15, 0.2) is 0 Å². The number of rotatable bonds is 2. The van der Waals surface area contributed by atoms with Crippen LogP contribution in [0.5, 0.6) is 0 Å². The van der Waals surface area contributed by atoms with Gasteiger partial charge in [0.25, 0.3) is 0 Å². The van der Waals surface area contributed by atoms with Crippen molar-refractivity contribution in [3.63, 3.8) is 0 Å². The van der Waals surface area contributed by atoms with E-state index in [-0.39, 0.29) is 0 Å². The topological polar surface area (TPSA) is 0 Å². The van der Waals surface area contributed by atoms with Crippen molar-refractivity contribution >= 4 is 5.57 Å². The molecule has 0 N–H and O–H groups in total. The molecule has 0 saturated heterocycles. The summed E-state index contributed by atoms with van der Waals surface area (Å²) in [6.45, 7) is 0. The standard InChI is InChI=1S/C27H36/c1-2-4-6-8-12-18-24(19-13-9-7-5-3-1)27(25-20-14-10-15-21-25)26-22-16-11-17-23-26/h10-11,14-17,20-23H,1-9,12-13,18-19H2. The van der Waals surface area contributed by atoms with E-state index in [1.807, 2.05) is 0 Å². The van der Waals surface area contributed by atoms with E-state index in [1.165, 1.54) is 100 Å². The van der Waals surface area contributed by atoms with Crippen LogP contribution in [0.25, 0.3) is 5.57 Å². The van der Waals surface area contributed by atoms with Crippen LogP contribution >= 0.6 is 0 Å². The number of allylic oxidation sites excluding steroid dienone is 1. The van der Waals surface area contributed by atoms with E-state index in [2.05, 4.69) is 60.7 Å². The molecule has 0 heterocycles. The second-order valence-corrected chi connectivity index (χ2v) is 8.10. The molecule has 0 unspecified atom stereocenters. The summed E-state index contributed by atoms with van der Waals surface area (Å²) in [6, 6.07) is 22.2. The van der Waals surface area contributed by atoms with Crippen LogP contribution in [0.4, 0.5) is 0 Å². The van der Waals surface area contributed by atoms with Gasteiger partial charge < -0.3 is 0 Å². The molecule has 0 bridgehead atoms. The van der Waals surface area contributed by atoms with E-state index in [0.717, 1.165) is 0 Å². The minimum atomic E-state index is 1.26. The second-order valence-electron chi connectivity index (χ2n) is 8.10. The van der Waals surface area contributed by atoms with Gasteiger partial charge in [0.2, 0.25) is 0 Å². The van der Waals surface area contributed by atoms with Crippen molar-refractivity contribution in [1.82, 2.24) is 0 Å². The Bertz CT molecular complexity index is 608. The number of hydrogen-bond donors (Lipinski definition) is 0. The summed E-state index contributed by atoms with van der Waals surface area (Å²) in [6.07, 6.45) is 18.0. The lowest BCUT2D eigenvalue weighted by atomic mass is 9.87. The van der Waals surface area contributed by atoms with Gasteiger partial charge >= 0.3 is 0 Å². The van der Waals surface area contributed by atoms with Gasteiger partial charge in [0, 0.05) is 0 Å². The van der Waals surface area contributed by atoms with Crippen LogP contribution in [0.2, 0.25) is 0 Å². The predicted molar refractivity (Wildman–Crippen MR) is 119 cm³/mol. The predicted octanol–water partition coefficient (Wildman–Crippen LogP) is 8.57. The van der Waals surface area contributed by atoms with Gasteiger partial charge in [-0.3, -0.25) is 0 Å². The zero-order valence-corrected chi connectivity index (χ0v) is 17.0. The van der Waals surface area contributed by atoms with Crippen LogP contribution in [0, 0.1) is 0 Å². The highest BCUT2D eigenvalue weighted by atomic mass is 14.2. The molecule has 2 aromatic rings. The molecule has 0 atom stereocenters. The van der Waals surface area contributed by atoms with Crippen LogP contribution in [-0.4, -0.2) is 0 Å². The molecule has 27 heavy (non-hydrogen) atoms. The SMILES string of the molecule is c1ccc(C(=C2CCCCCCCCCCCCC2)c2ccccc2)cc1. The Balaban J connectivity index is 1.87. The minimum absolute atomic E-state index is 1.26. The zero-order chi connectivity index (χ0) is 18.6. The lowest BCUT2D eigenvalue weighted by Crippen LogP contribution is -1.97. The van der Waals surface area contributed by atoms with E-state index in [0.29, 0.717) is 0 Å². The molecule has 1 fully saturated rings. The maximum atomic E-state index is 2.29. The van der Waals surface area contributed by atoms with Crippen molar-refractivity contribution < 1.29 is 0 Å². The summed E-state index contributed by atoms with van der Waals surface area (Å²) >= 11 is 0. The minimum Gasteiger partial charge on any atom is -0.0622 e. The highest BCUT2D eigenvalue weighted by Crippen LogP contribution is 2.32. The van der Waals surface area contributed by atoms with Gasteiger partial charge in [-0.15, -0.1) is 0 Å². The first-order valence-corrected chi connectivity index (χ1v) is 11.3. The van der Waals surface area contributed by atoms with Crippen LogP contribution in [0.3, 0.4) is 0 Å². The highest BCUT2D eigenvalue weighted by molar-refractivity contribution is 5.82. The first kappa shape index (κ1) is 19.9. The first-order valence-electron chi connectivity index (χ1n) is 11.3. The Labute approximate surface area is 166 Å². The third-order valence-electron chi connectivity index (χ3n) is 5.94. The van der Waals surface area contributed by atoms with Crippen molar-refractivity contribution in [2.75, 3.05) is 0 Å². The van der Waals surface area contributed by atoms with E-state index >= 15 is 0 Å². The molecule has 0 heteroatoms. The van der Waals surface area contributed by atoms with Gasteiger partial charge in [-0.25, -0.2) is 0 Å². The maximum absolute atomic E-state index is 2.29. The molecule has 1 saturated carbocycles. The van der Waals surface area contributed by atoms with Gasteiger partial charge in [-0.2, -0.15) is 0 Å². The number of hydrogen-bond acceptors (Lipinski definition) is 0. The molecular weight excluding hydrogens is 324 g/mol. The Hall–Kier alpha value is -1.82. The molecule has 0 aliphatic heterocycles. The fourth-order valence-corrected chi connectivity index (χ4v) is 4.43. The Kier molecular flexibility index (Phi) is 8.71. The van der Waals surface area contributed by atoms with E-state index in [4.69, 9.17) is 0 Å². The molecule has 1 aliphatic carbocycles. The van der Waals surface area contributed by atoms with E-state index in [1.54, 1.807) is 5.57 Å². The molecule has 0 nitrogen and oxygen atoms in total. The molecule has 0 aromatic heterocycles. The van der Waals surface area contributed by atoms with Crippen LogP contribution < -0.4 is 0 Å². The summed E-state index contributed by atoms with van der Waals surface area (Å²) in [7, 11) is 0. The summed E-state index contributed by atoms with van der Waals surface area (Å²) in [5.74, 6) is 0. The summed E-state index contributed by atoms with van der Waals surface area (Å²) in [5.41, 5.74) is 5.97. The lowest BCUT2D eigenvalue weighted by Gasteiger charge is -2.18. The highest BCUT2D eigenvalue weighted by Gasteiger charge is 2.12. The third-order valence-corrected chi connectivity index (χ3v) is 5.94. The molecule has 144 valence electrons. The van der Waals surface area contributed by atoms with Gasteiger partial charge in [0.05, 0.1) is 0 Å². The maximum Gasteiger partial charge on any atom is -0.0119 e. The average Bonchev–Trinajstić information content (AvgIpc) is 2.72.